The van der Waals surface area contributed by atoms with Crippen LogP contribution < -0.4 is 5.43 Å². The fraction of sp³-hybridized carbons (Fsp3) is 0. The minimum atomic E-state index is -0.389. The molecule has 3 rings (SSSR count). The predicted octanol–water partition coefficient (Wildman–Crippen LogP) is 2.39. The Bertz CT molecular complexity index is 794. The van der Waals surface area contributed by atoms with Gasteiger partial charge in [0.25, 0.3) is 5.91 Å². The molecule has 5 heteroatoms. The first-order valence-electron chi connectivity index (χ1n) is 6.42. The molecule has 21 heavy (non-hydrogen) atoms. The second-order valence-electron chi connectivity index (χ2n) is 4.36. The molecule has 102 valence electrons. The lowest BCUT2D eigenvalue weighted by atomic mass is 10.1. The number of benzene rings is 2. The molecule has 0 aliphatic heterocycles. The maximum absolute atomic E-state index is 11.8. The van der Waals surface area contributed by atoms with Crippen LogP contribution in [-0.4, -0.2) is 22.1 Å². The van der Waals surface area contributed by atoms with Crippen molar-refractivity contribution < 1.29 is 4.79 Å². The second-order valence-corrected chi connectivity index (χ2v) is 4.36. The van der Waals surface area contributed by atoms with E-state index in [1.807, 2.05) is 42.5 Å². The lowest BCUT2D eigenvalue weighted by molar-refractivity contribution is 0.0949. The van der Waals surface area contributed by atoms with Crippen LogP contribution in [0.5, 0.6) is 0 Å². The highest BCUT2D eigenvalue weighted by molar-refractivity contribution is 6.00. The van der Waals surface area contributed by atoms with Gasteiger partial charge in [-0.1, -0.05) is 42.5 Å². The molecule has 0 atom stereocenters. The van der Waals surface area contributed by atoms with Crippen molar-refractivity contribution in [1.29, 1.82) is 0 Å². The Kier molecular flexibility index (Phi) is 3.64. The number of hydrazone groups is 1. The number of nitrogens with zero attached hydrogens (tertiary/aromatic N) is 3. The zero-order valence-electron chi connectivity index (χ0n) is 11.1. The zero-order chi connectivity index (χ0) is 14.5. The minimum absolute atomic E-state index is 0.229. The van der Waals surface area contributed by atoms with Gasteiger partial charge in [0.05, 0.1) is 12.4 Å². The van der Waals surface area contributed by atoms with Crippen molar-refractivity contribution in [3.8, 4) is 0 Å². The highest BCUT2D eigenvalue weighted by Crippen LogP contribution is 2.16. The van der Waals surface area contributed by atoms with Crippen molar-refractivity contribution in [3.63, 3.8) is 0 Å². The summed E-state index contributed by atoms with van der Waals surface area (Å²) in [6.45, 7) is 0. The zero-order valence-corrected chi connectivity index (χ0v) is 11.1. The molecular formula is C16H12N4O. The van der Waals surface area contributed by atoms with E-state index in [2.05, 4.69) is 20.5 Å². The third-order valence-electron chi connectivity index (χ3n) is 2.99. The molecule has 0 aliphatic rings. The van der Waals surface area contributed by atoms with Crippen LogP contribution >= 0.6 is 0 Å². The Morgan fingerprint density at radius 2 is 1.95 bits per heavy atom. The van der Waals surface area contributed by atoms with Gasteiger partial charge in [0.15, 0.2) is 0 Å². The van der Waals surface area contributed by atoms with Gasteiger partial charge >= 0.3 is 0 Å². The van der Waals surface area contributed by atoms with Crippen LogP contribution in [0.4, 0.5) is 0 Å². The van der Waals surface area contributed by atoms with Gasteiger partial charge in [-0.25, -0.2) is 10.4 Å². The summed E-state index contributed by atoms with van der Waals surface area (Å²) in [6.07, 6.45) is 5.98. The van der Waals surface area contributed by atoms with E-state index < -0.39 is 0 Å². The summed E-state index contributed by atoms with van der Waals surface area (Å²) in [7, 11) is 0. The third-order valence-corrected chi connectivity index (χ3v) is 2.99. The molecule has 0 saturated heterocycles. The number of aromatic nitrogens is 2. The van der Waals surface area contributed by atoms with Crippen LogP contribution in [0, 0.1) is 0 Å². The highest BCUT2D eigenvalue weighted by atomic mass is 16.2. The number of rotatable bonds is 3. The van der Waals surface area contributed by atoms with Gasteiger partial charge < -0.3 is 0 Å². The first-order valence-corrected chi connectivity index (χ1v) is 6.42. The summed E-state index contributed by atoms with van der Waals surface area (Å²) in [5.74, 6) is -0.389. The number of fused-ring (bicyclic) bond motifs is 1. The smallest absolute Gasteiger partial charge is 0.265 e. The van der Waals surface area contributed by atoms with E-state index >= 15 is 0 Å². The lowest BCUT2D eigenvalue weighted by Crippen LogP contribution is -2.19. The molecule has 0 radical (unpaired) electrons. The van der Waals surface area contributed by atoms with Gasteiger partial charge in [-0.2, -0.15) is 5.10 Å². The summed E-state index contributed by atoms with van der Waals surface area (Å²) in [6, 6.07) is 13.9. The molecule has 0 saturated carbocycles. The Morgan fingerprint density at radius 1 is 1.10 bits per heavy atom. The summed E-state index contributed by atoms with van der Waals surface area (Å²) >= 11 is 0. The van der Waals surface area contributed by atoms with Crippen LogP contribution in [0.25, 0.3) is 10.8 Å². The lowest BCUT2D eigenvalue weighted by Gasteiger charge is -2.01. The van der Waals surface area contributed by atoms with Crippen LogP contribution in [0.1, 0.15) is 16.1 Å². The molecule has 0 unspecified atom stereocenters. The molecule has 1 heterocycles. The maximum atomic E-state index is 11.8. The van der Waals surface area contributed by atoms with E-state index in [1.165, 1.54) is 18.6 Å². The number of hydrogen-bond acceptors (Lipinski definition) is 4. The van der Waals surface area contributed by atoms with Crippen LogP contribution in [0.3, 0.4) is 0 Å². The quantitative estimate of drug-likeness (QED) is 0.590. The molecule has 0 spiro atoms. The van der Waals surface area contributed by atoms with E-state index in [-0.39, 0.29) is 11.6 Å². The third kappa shape index (κ3) is 2.92. The van der Waals surface area contributed by atoms with Gasteiger partial charge in [-0.3, -0.25) is 9.78 Å². The van der Waals surface area contributed by atoms with Crippen LogP contribution in [0.2, 0.25) is 0 Å². The summed E-state index contributed by atoms with van der Waals surface area (Å²) < 4.78 is 0. The fourth-order valence-corrected chi connectivity index (χ4v) is 2.00. The van der Waals surface area contributed by atoms with Crippen molar-refractivity contribution in [3.05, 3.63) is 72.3 Å². The van der Waals surface area contributed by atoms with Crippen molar-refractivity contribution >= 4 is 22.9 Å². The van der Waals surface area contributed by atoms with Gasteiger partial charge in [0, 0.05) is 18.0 Å². The Morgan fingerprint density at radius 3 is 2.81 bits per heavy atom. The second kappa shape index (κ2) is 5.92. The Labute approximate surface area is 121 Å². The molecular weight excluding hydrogens is 264 g/mol. The number of carbonyl (C=O) groups excluding carboxylic acids is 1. The standard InChI is InChI=1S/C16H12N4O/c21-16(15-11-17-8-9-18-15)20-19-10-13-6-3-5-12-4-1-2-7-14(12)13/h1-11H,(H,20,21)/b19-10+. The molecule has 0 fully saturated rings. The average molecular weight is 276 g/mol. The first kappa shape index (κ1) is 12.9. The van der Waals surface area contributed by atoms with Crippen LogP contribution in [0.15, 0.2) is 66.2 Å². The van der Waals surface area contributed by atoms with Crippen molar-refractivity contribution in [2.24, 2.45) is 5.10 Å². The molecule has 1 amide bonds. The molecule has 0 aliphatic carbocycles. The normalized spacial score (nSPS) is 10.9. The summed E-state index contributed by atoms with van der Waals surface area (Å²) in [5, 5.41) is 6.18. The maximum Gasteiger partial charge on any atom is 0.291 e. The highest BCUT2D eigenvalue weighted by Gasteiger charge is 2.04. The van der Waals surface area contributed by atoms with Crippen LogP contribution in [-0.2, 0) is 0 Å². The number of nitrogens with one attached hydrogen (secondary N) is 1. The van der Waals surface area contributed by atoms with Gasteiger partial charge in [0.1, 0.15) is 5.69 Å². The molecule has 5 nitrogen and oxygen atoms in total. The summed E-state index contributed by atoms with van der Waals surface area (Å²) in [4.78, 5) is 19.5. The van der Waals surface area contributed by atoms with E-state index in [0.29, 0.717) is 0 Å². The SMILES string of the molecule is O=C(N/N=C/c1cccc2ccccc12)c1cnccn1. The fourth-order valence-electron chi connectivity index (χ4n) is 2.00. The Balaban J connectivity index is 1.78. The monoisotopic (exact) mass is 276 g/mol. The topological polar surface area (TPSA) is 67.2 Å². The van der Waals surface area contributed by atoms with E-state index in [1.54, 1.807) is 6.21 Å². The van der Waals surface area contributed by atoms with Gasteiger partial charge in [-0.05, 0) is 10.8 Å². The van der Waals surface area contributed by atoms with E-state index in [9.17, 15) is 4.79 Å². The average Bonchev–Trinajstić information content (AvgIpc) is 2.56. The molecule has 1 N–H and O–H groups in total. The first-order chi connectivity index (χ1) is 10.3. The van der Waals surface area contributed by atoms with Crippen molar-refractivity contribution in [2.75, 3.05) is 0 Å². The molecule has 0 bridgehead atoms. The van der Waals surface area contributed by atoms with Gasteiger partial charge in [-0.15, -0.1) is 0 Å². The minimum Gasteiger partial charge on any atom is -0.265 e. The molecule has 1 aromatic heterocycles. The number of hydrogen-bond donors (Lipinski definition) is 1. The van der Waals surface area contributed by atoms with Crippen molar-refractivity contribution in [1.82, 2.24) is 15.4 Å². The molecule has 2 aromatic carbocycles. The Hall–Kier alpha value is -3.08. The molecule has 3 aromatic rings. The van der Waals surface area contributed by atoms with E-state index in [0.717, 1.165) is 16.3 Å². The number of amides is 1. The predicted molar refractivity (Wildman–Crippen MR) is 81.0 cm³/mol. The number of carbonyl (C=O) groups is 1. The van der Waals surface area contributed by atoms with Crippen molar-refractivity contribution in [2.45, 2.75) is 0 Å². The van der Waals surface area contributed by atoms with Gasteiger partial charge in [0.2, 0.25) is 0 Å². The van der Waals surface area contributed by atoms with E-state index in [4.69, 9.17) is 0 Å². The largest absolute Gasteiger partial charge is 0.291 e. The summed E-state index contributed by atoms with van der Waals surface area (Å²) in [5.41, 5.74) is 3.61.